The number of rotatable bonds is 5. The van der Waals surface area contributed by atoms with Gasteiger partial charge in [-0.1, -0.05) is 11.6 Å². The Morgan fingerprint density at radius 2 is 1.89 bits per heavy atom. The SMILES string of the molecule is O=C1NC(=O)/C(=C\c2cc(Cl)c(OCc3ccc([N+](=O)[O-])cc3)c(Br)c2)N1. The van der Waals surface area contributed by atoms with Gasteiger partial charge < -0.3 is 10.1 Å². The van der Waals surface area contributed by atoms with Crippen molar-refractivity contribution in [2.24, 2.45) is 0 Å². The summed E-state index contributed by atoms with van der Waals surface area (Å²) in [6.45, 7) is 0.162. The predicted molar refractivity (Wildman–Crippen MR) is 101 cm³/mol. The van der Waals surface area contributed by atoms with Crippen LogP contribution >= 0.6 is 27.5 Å². The van der Waals surface area contributed by atoms with Crippen LogP contribution in [0.5, 0.6) is 5.75 Å². The fraction of sp³-hybridized carbons (Fsp3) is 0.0588. The predicted octanol–water partition coefficient (Wildman–Crippen LogP) is 3.77. The molecule has 1 fully saturated rings. The van der Waals surface area contributed by atoms with E-state index >= 15 is 0 Å². The molecule has 0 saturated carbocycles. The molecule has 2 N–H and O–H groups in total. The Morgan fingerprint density at radius 3 is 2.44 bits per heavy atom. The molecule has 0 spiro atoms. The molecule has 8 nitrogen and oxygen atoms in total. The van der Waals surface area contributed by atoms with Gasteiger partial charge in [-0.2, -0.15) is 0 Å². The summed E-state index contributed by atoms with van der Waals surface area (Å²) in [4.78, 5) is 32.9. The normalized spacial score (nSPS) is 14.8. The zero-order chi connectivity index (χ0) is 19.6. The molecule has 0 atom stereocenters. The average Bonchev–Trinajstić information content (AvgIpc) is 2.91. The van der Waals surface area contributed by atoms with Gasteiger partial charge in [-0.3, -0.25) is 20.2 Å². The number of halogens is 2. The number of hydrogen-bond acceptors (Lipinski definition) is 5. The molecule has 0 aromatic heterocycles. The fourth-order valence-corrected chi connectivity index (χ4v) is 3.31. The van der Waals surface area contributed by atoms with Crippen LogP contribution in [0.1, 0.15) is 11.1 Å². The van der Waals surface area contributed by atoms with Crippen molar-refractivity contribution in [3.63, 3.8) is 0 Å². The van der Waals surface area contributed by atoms with E-state index in [0.29, 0.717) is 20.8 Å². The maximum Gasteiger partial charge on any atom is 0.326 e. The number of benzene rings is 2. The molecule has 1 saturated heterocycles. The fourth-order valence-electron chi connectivity index (χ4n) is 2.32. The van der Waals surface area contributed by atoms with E-state index in [0.717, 1.165) is 5.56 Å². The van der Waals surface area contributed by atoms with E-state index in [2.05, 4.69) is 26.6 Å². The Labute approximate surface area is 166 Å². The molecular formula is C17H11BrClN3O5. The summed E-state index contributed by atoms with van der Waals surface area (Å²) in [5, 5.41) is 15.5. The summed E-state index contributed by atoms with van der Waals surface area (Å²) in [6.07, 6.45) is 1.48. The maximum atomic E-state index is 11.6. The van der Waals surface area contributed by atoms with E-state index in [4.69, 9.17) is 16.3 Å². The van der Waals surface area contributed by atoms with Crippen molar-refractivity contribution in [3.05, 3.63) is 72.8 Å². The lowest BCUT2D eigenvalue weighted by Crippen LogP contribution is -2.22. The molecule has 3 rings (SSSR count). The van der Waals surface area contributed by atoms with E-state index in [1.165, 1.54) is 18.2 Å². The van der Waals surface area contributed by atoms with E-state index in [-0.39, 0.29) is 18.0 Å². The van der Waals surface area contributed by atoms with Gasteiger partial charge in [0.25, 0.3) is 11.6 Å². The summed E-state index contributed by atoms with van der Waals surface area (Å²) in [5.41, 5.74) is 1.43. The lowest BCUT2D eigenvalue weighted by molar-refractivity contribution is -0.384. The standard InChI is InChI=1S/C17H11BrClN3O5/c18-12-5-10(7-14-16(23)21-17(24)20-14)6-13(19)15(12)27-8-9-1-3-11(4-2-9)22(25)26/h1-7H,8H2,(H2,20,21,23,24)/b14-7+. The maximum absolute atomic E-state index is 11.6. The quantitative estimate of drug-likeness (QED) is 0.310. The van der Waals surface area contributed by atoms with Crippen LogP contribution in [0.3, 0.4) is 0 Å². The number of amides is 3. The van der Waals surface area contributed by atoms with Crippen LogP contribution in [0, 0.1) is 10.1 Å². The van der Waals surface area contributed by atoms with E-state index in [1.807, 2.05) is 0 Å². The van der Waals surface area contributed by atoms with E-state index < -0.39 is 16.9 Å². The monoisotopic (exact) mass is 451 g/mol. The smallest absolute Gasteiger partial charge is 0.326 e. The number of hydrogen-bond donors (Lipinski definition) is 2. The minimum Gasteiger partial charge on any atom is -0.486 e. The van der Waals surface area contributed by atoms with Gasteiger partial charge in [-0.05, 0) is 57.4 Å². The summed E-state index contributed by atoms with van der Waals surface area (Å²) in [7, 11) is 0. The lowest BCUT2D eigenvalue weighted by atomic mass is 10.2. The largest absolute Gasteiger partial charge is 0.486 e. The minimum absolute atomic E-state index is 0.00149. The zero-order valence-electron chi connectivity index (χ0n) is 13.5. The lowest BCUT2D eigenvalue weighted by Gasteiger charge is -2.11. The van der Waals surface area contributed by atoms with Crippen LogP contribution in [0.15, 0.2) is 46.6 Å². The molecule has 0 bridgehead atoms. The van der Waals surface area contributed by atoms with Crippen molar-refractivity contribution < 1.29 is 19.2 Å². The molecule has 27 heavy (non-hydrogen) atoms. The highest BCUT2D eigenvalue weighted by Crippen LogP contribution is 2.35. The second-order valence-corrected chi connectivity index (χ2v) is 6.75. The second-order valence-electron chi connectivity index (χ2n) is 5.49. The molecule has 0 unspecified atom stereocenters. The number of nitro benzene ring substituents is 1. The number of carbonyl (C=O) groups is 2. The van der Waals surface area contributed by atoms with Gasteiger partial charge in [-0.15, -0.1) is 0 Å². The van der Waals surface area contributed by atoms with Crippen LogP contribution in [-0.4, -0.2) is 16.9 Å². The first-order chi connectivity index (χ1) is 12.8. The van der Waals surface area contributed by atoms with Crippen LogP contribution in [0.25, 0.3) is 6.08 Å². The second kappa shape index (κ2) is 7.77. The van der Waals surface area contributed by atoms with Gasteiger partial charge in [0, 0.05) is 12.1 Å². The number of nitrogens with one attached hydrogen (secondary N) is 2. The molecule has 2 aromatic carbocycles. The van der Waals surface area contributed by atoms with Crippen molar-refractivity contribution in [2.45, 2.75) is 6.61 Å². The topological polar surface area (TPSA) is 111 Å². The number of non-ortho nitro benzene ring substituents is 1. The van der Waals surface area contributed by atoms with Crippen molar-refractivity contribution in [1.82, 2.24) is 10.6 Å². The van der Waals surface area contributed by atoms with Crippen molar-refractivity contribution in [2.75, 3.05) is 0 Å². The van der Waals surface area contributed by atoms with Gasteiger partial charge in [0.15, 0.2) is 5.75 Å². The number of imide groups is 1. The van der Waals surface area contributed by atoms with E-state index in [9.17, 15) is 19.7 Å². The molecule has 10 heteroatoms. The van der Waals surface area contributed by atoms with Gasteiger partial charge in [0.2, 0.25) is 0 Å². The first-order valence-corrected chi connectivity index (χ1v) is 8.70. The van der Waals surface area contributed by atoms with E-state index in [1.54, 1.807) is 24.3 Å². The number of nitrogens with zero attached hydrogens (tertiary/aromatic N) is 1. The van der Waals surface area contributed by atoms with Gasteiger partial charge >= 0.3 is 6.03 Å². The Morgan fingerprint density at radius 1 is 1.19 bits per heavy atom. The van der Waals surface area contributed by atoms with Crippen molar-refractivity contribution in [3.8, 4) is 5.75 Å². The average molecular weight is 453 g/mol. The Hall–Kier alpha value is -2.91. The van der Waals surface area contributed by atoms with Crippen molar-refractivity contribution in [1.29, 1.82) is 0 Å². The molecule has 0 radical (unpaired) electrons. The molecule has 0 aliphatic carbocycles. The summed E-state index contributed by atoms with van der Waals surface area (Å²) >= 11 is 9.62. The third-order valence-corrected chi connectivity index (χ3v) is 4.45. The first-order valence-electron chi connectivity index (χ1n) is 7.52. The van der Waals surface area contributed by atoms with Crippen LogP contribution in [-0.2, 0) is 11.4 Å². The molecular weight excluding hydrogens is 442 g/mol. The highest BCUT2D eigenvalue weighted by atomic mass is 79.9. The summed E-state index contributed by atoms with van der Waals surface area (Å²) < 4.78 is 6.25. The highest BCUT2D eigenvalue weighted by molar-refractivity contribution is 9.10. The van der Waals surface area contributed by atoms with Crippen LogP contribution < -0.4 is 15.4 Å². The number of urea groups is 1. The third-order valence-electron chi connectivity index (χ3n) is 3.58. The van der Waals surface area contributed by atoms with Crippen molar-refractivity contribution >= 4 is 51.2 Å². The molecule has 1 aliphatic heterocycles. The molecule has 1 heterocycles. The molecule has 3 amide bonds. The van der Waals surface area contributed by atoms with Gasteiger partial charge in [0.1, 0.15) is 12.3 Å². The zero-order valence-corrected chi connectivity index (χ0v) is 15.8. The Bertz CT molecular complexity index is 952. The number of carbonyl (C=O) groups excluding carboxylic acids is 2. The molecule has 138 valence electrons. The Kier molecular flexibility index (Phi) is 5.43. The number of ether oxygens (including phenoxy) is 1. The summed E-state index contributed by atoms with van der Waals surface area (Å²) in [6, 6.07) is 8.67. The molecule has 1 aliphatic rings. The van der Waals surface area contributed by atoms with Crippen LogP contribution in [0.4, 0.5) is 10.5 Å². The van der Waals surface area contributed by atoms with Gasteiger partial charge in [-0.25, -0.2) is 4.79 Å². The Balaban J connectivity index is 1.75. The van der Waals surface area contributed by atoms with Crippen LogP contribution in [0.2, 0.25) is 5.02 Å². The highest BCUT2D eigenvalue weighted by Gasteiger charge is 2.23. The first kappa shape index (κ1) is 18.9. The number of nitro groups is 1. The molecule has 2 aromatic rings. The van der Waals surface area contributed by atoms with Gasteiger partial charge in [0.05, 0.1) is 14.4 Å². The summed E-state index contributed by atoms with van der Waals surface area (Å²) in [5.74, 6) is -0.136. The minimum atomic E-state index is -0.584. The third kappa shape index (κ3) is 4.44.